The fourth-order valence-corrected chi connectivity index (χ4v) is 0.800. The maximum atomic E-state index is 8.42. The van der Waals surface area contributed by atoms with Crippen LogP contribution in [-0.2, 0) is 0 Å². The molecule has 3 N–H and O–H groups in total. The Hall–Kier alpha value is -2.22. The van der Waals surface area contributed by atoms with Crippen molar-refractivity contribution >= 4 is 5.84 Å². The minimum Gasteiger partial charge on any atom is -0.476 e. The second-order valence-electron chi connectivity index (χ2n) is 3.15. The maximum absolute atomic E-state index is 8.42. The van der Waals surface area contributed by atoms with E-state index in [4.69, 9.17) is 20.9 Å². The second-order valence-corrected chi connectivity index (χ2v) is 3.15. The van der Waals surface area contributed by atoms with Gasteiger partial charge in [0, 0.05) is 6.42 Å². The Balaban J connectivity index is 0.000000366. The Morgan fingerprint density at radius 2 is 2.12 bits per heavy atom. The lowest BCUT2D eigenvalue weighted by atomic mass is 10.3. The molecule has 92 valence electrons. The summed E-state index contributed by atoms with van der Waals surface area (Å²) in [6.07, 6.45) is 0.230. The van der Waals surface area contributed by atoms with Gasteiger partial charge in [-0.3, -0.25) is 0 Å². The molecule has 0 radical (unpaired) electrons. The van der Waals surface area contributed by atoms with Crippen LogP contribution in [0.1, 0.15) is 20.3 Å². The highest BCUT2D eigenvalue weighted by molar-refractivity contribution is 5.79. The first-order valence-corrected chi connectivity index (χ1v) is 5.21. The Kier molecular flexibility index (Phi) is 7.86. The van der Waals surface area contributed by atoms with E-state index in [1.165, 1.54) is 0 Å². The summed E-state index contributed by atoms with van der Waals surface area (Å²) in [7, 11) is 0. The minimum absolute atomic E-state index is 0.273. The number of hydrogen-bond donors (Lipinski definition) is 2. The van der Waals surface area contributed by atoms with Crippen molar-refractivity contribution < 1.29 is 9.94 Å². The predicted molar refractivity (Wildman–Crippen MR) is 65.8 cm³/mol. The number of benzene rings is 1. The average Bonchev–Trinajstić information content (AvgIpc) is 2.39. The molecule has 0 fully saturated rings. The molecule has 1 atom stereocenters. The molecule has 0 heterocycles. The van der Waals surface area contributed by atoms with Crippen molar-refractivity contribution in [1.29, 1.82) is 5.26 Å². The molecule has 0 aliphatic rings. The third-order valence-electron chi connectivity index (χ3n) is 1.73. The van der Waals surface area contributed by atoms with Crippen LogP contribution >= 0.6 is 0 Å². The Morgan fingerprint density at radius 1 is 1.53 bits per heavy atom. The van der Waals surface area contributed by atoms with Gasteiger partial charge in [0.15, 0.2) is 6.10 Å². The molecule has 0 amide bonds. The van der Waals surface area contributed by atoms with Gasteiger partial charge in [0.2, 0.25) is 0 Å². The highest BCUT2D eigenvalue weighted by Crippen LogP contribution is 2.09. The zero-order valence-corrected chi connectivity index (χ0v) is 10.00. The summed E-state index contributed by atoms with van der Waals surface area (Å²) in [6.45, 7) is 3.53. The van der Waals surface area contributed by atoms with Crippen LogP contribution in [0.5, 0.6) is 5.75 Å². The van der Waals surface area contributed by atoms with Gasteiger partial charge in [-0.15, -0.1) is 0 Å². The van der Waals surface area contributed by atoms with E-state index >= 15 is 0 Å². The first-order chi connectivity index (χ1) is 8.13. The Bertz CT molecular complexity index is 371. The van der Waals surface area contributed by atoms with E-state index in [9.17, 15) is 0 Å². The fraction of sp³-hybridized carbons (Fsp3) is 0.333. The third kappa shape index (κ3) is 7.68. The van der Waals surface area contributed by atoms with Crippen LogP contribution in [0.25, 0.3) is 0 Å². The standard InChI is InChI=1S/C9H9NO.C3H8N2O/c1-8(7-10)11-9-5-3-2-4-6-9;1-2-3(4)5-6/h2-6,8H,1H3;6H,2H2,1H3,(H2,4,5). The van der Waals surface area contributed by atoms with Crippen molar-refractivity contribution in [3.05, 3.63) is 30.3 Å². The van der Waals surface area contributed by atoms with E-state index in [2.05, 4.69) is 5.16 Å². The highest BCUT2D eigenvalue weighted by atomic mass is 16.5. The van der Waals surface area contributed by atoms with E-state index in [1.807, 2.05) is 43.3 Å². The number of para-hydroxylation sites is 1. The smallest absolute Gasteiger partial charge is 0.181 e. The average molecular weight is 235 g/mol. The monoisotopic (exact) mass is 235 g/mol. The van der Waals surface area contributed by atoms with Gasteiger partial charge in [-0.1, -0.05) is 30.3 Å². The summed E-state index contributed by atoms with van der Waals surface area (Å²) >= 11 is 0. The Morgan fingerprint density at radius 3 is 2.47 bits per heavy atom. The molecular weight excluding hydrogens is 218 g/mol. The van der Waals surface area contributed by atoms with Crippen molar-refractivity contribution in [3.63, 3.8) is 0 Å². The lowest BCUT2D eigenvalue weighted by Crippen LogP contribution is -2.08. The molecule has 1 aromatic rings. The van der Waals surface area contributed by atoms with Crippen LogP contribution < -0.4 is 10.5 Å². The van der Waals surface area contributed by atoms with Crippen LogP contribution in [0.2, 0.25) is 0 Å². The Labute approximate surface area is 101 Å². The number of hydrogen-bond acceptors (Lipinski definition) is 4. The zero-order chi connectivity index (χ0) is 13.1. The van der Waals surface area contributed by atoms with Crippen LogP contribution in [0.15, 0.2) is 35.5 Å². The quantitative estimate of drug-likeness (QED) is 0.363. The predicted octanol–water partition coefficient (Wildman–Crippen LogP) is 2.12. The van der Waals surface area contributed by atoms with Crippen molar-refractivity contribution in [2.45, 2.75) is 26.4 Å². The van der Waals surface area contributed by atoms with E-state index < -0.39 is 0 Å². The number of oxime groups is 1. The molecule has 1 unspecified atom stereocenters. The number of nitriles is 1. The molecule has 17 heavy (non-hydrogen) atoms. The minimum atomic E-state index is -0.377. The van der Waals surface area contributed by atoms with Gasteiger partial charge >= 0.3 is 0 Å². The third-order valence-corrected chi connectivity index (χ3v) is 1.73. The van der Waals surface area contributed by atoms with E-state index in [0.29, 0.717) is 6.42 Å². The van der Waals surface area contributed by atoms with Crippen molar-refractivity contribution in [2.24, 2.45) is 10.9 Å². The van der Waals surface area contributed by atoms with E-state index in [1.54, 1.807) is 6.92 Å². The first-order valence-electron chi connectivity index (χ1n) is 5.21. The van der Waals surface area contributed by atoms with Crippen LogP contribution in [0.3, 0.4) is 0 Å². The van der Waals surface area contributed by atoms with Crippen molar-refractivity contribution in [2.75, 3.05) is 0 Å². The van der Waals surface area contributed by atoms with Gasteiger partial charge in [0.1, 0.15) is 17.7 Å². The van der Waals surface area contributed by atoms with Crippen molar-refractivity contribution in [3.8, 4) is 11.8 Å². The van der Waals surface area contributed by atoms with Gasteiger partial charge in [-0.2, -0.15) is 5.26 Å². The highest BCUT2D eigenvalue weighted by Gasteiger charge is 1.98. The number of amidine groups is 1. The van der Waals surface area contributed by atoms with Gasteiger partial charge in [0.25, 0.3) is 0 Å². The lowest BCUT2D eigenvalue weighted by Gasteiger charge is -2.05. The van der Waals surface area contributed by atoms with E-state index in [0.717, 1.165) is 5.75 Å². The van der Waals surface area contributed by atoms with Crippen LogP contribution in [0, 0.1) is 11.3 Å². The molecule has 0 bridgehead atoms. The largest absolute Gasteiger partial charge is 0.476 e. The number of ether oxygens (including phenoxy) is 1. The molecule has 0 saturated carbocycles. The van der Waals surface area contributed by atoms with Crippen LogP contribution in [-0.4, -0.2) is 17.1 Å². The lowest BCUT2D eigenvalue weighted by molar-refractivity contribution is 0.276. The van der Waals surface area contributed by atoms with Gasteiger partial charge in [-0.25, -0.2) is 0 Å². The molecule has 0 aliphatic carbocycles. The summed E-state index contributed by atoms with van der Waals surface area (Å²) < 4.78 is 5.20. The summed E-state index contributed by atoms with van der Waals surface area (Å²) in [5, 5.41) is 18.9. The number of nitrogens with zero attached hydrogens (tertiary/aromatic N) is 2. The summed E-state index contributed by atoms with van der Waals surface area (Å²) in [5.74, 6) is 1.01. The SMILES string of the molecule is CC(C#N)Oc1ccccc1.CCC(N)=NO. The molecule has 0 aromatic heterocycles. The fourth-order valence-electron chi connectivity index (χ4n) is 0.800. The molecule has 5 heteroatoms. The molecule has 1 rings (SSSR count). The van der Waals surface area contributed by atoms with E-state index in [-0.39, 0.29) is 11.9 Å². The molecule has 0 aliphatic heterocycles. The van der Waals surface area contributed by atoms with Gasteiger partial charge < -0.3 is 15.7 Å². The summed E-state index contributed by atoms with van der Waals surface area (Å²) in [5.41, 5.74) is 4.97. The molecule has 1 aromatic carbocycles. The van der Waals surface area contributed by atoms with Gasteiger partial charge in [-0.05, 0) is 19.1 Å². The molecule has 5 nitrogen and oxygen atoms in total. The second kappa shape index (κ2) is 9.04. The zero-order valence-electron chi connectivity index (χ0n) is 10.00. The summed E-state index contributed by atoms with van der Waals surface area (Å²) in [6, 6.07) is 11.3. The summed E-state index contributed by atoms with van der Waals surface area (Å²) in [4.78, 5) is 0. The van der Waals surface area contributed by atoms with Crippen LogP contribution in [0.4, 0.5) is 0 Å². The maximum Gasteiger partial charge on any atom is 0.181 e. The number of nitrogens with two attached hydrogens (primary N) is 1. The number of rotatable bonds is 3. The molecular formula is C12H17N3O2. The topological polar surface area (TPSA) is 91.6 Å². The normalized spacial score (nSPS) is 11.7. The van der Waals surface area contributed by atoms with Crippen molar-refractivity contribution in [1.82, 2.24) is 0 Å². The van der Waals surface area contributed by atoms with Gasteiger partial charge in [0.05, 0.1) is 0 Å². The first kappa shape index (κ1) is 14.8. The molecule has 0 saturated heterocycles. The molecule has 0 spiro atoms.